The maximum Gasteiger partial charge on any atom is 0.222 e. The van der Waals surface area contributed by atoms with E-state index in [-0.39, 0.29) is 11.9 Å². The predicted octanol–water partition coefficient (Wildman–Crippen LogP) is 0.784. The van der Waals surface area contributed by atoms with Crippen molar-refractivity contribution in [1.29, 1.82) is 0 Å². The summed E-state index contributed by atoms with van der Waals surface area (Å²) in [6.45, 7) is 0.570. The molecule has 1 aromatic heterocycles. The van der Waals surface area contributed by atoms with Crippen LogP contribution < -0.4 is 16.0 Å². The van der Waals surface area contributed by atoms with Crippen molar-refractivity contribution in [2.75, 3.05) is 31.3 Å². The Labute approximate surface area is 111 Å². The summed E-state index contributed by atoms with van der Waals surface area (Å²) in [5.74, 6) is 0.977. The number of amides is 1. The van der Waals surface area contributed by atoms with Gasteiger partial charge in [0.25, 0.3) is 0 Å². The van der Waals surface area contributed by atoms with Gasteiger partial charge in [-0.3, -0.25) is 4.79 Å². The van der Waals surface area contributed by atoms with Crippen molar-refractivity contribution in [2.24, 2.45) is 0 Å². The number of carbonyl (C=O) groups is 1. The maximum absolute atomic E-state index is 11.3. The number of nitrogens with two attached hydrogens (primary N) is 1. The fourth-order valence-corrected chi connectivity index (χ4v) is 1.87. The molecule has 1 heterocycles. The Balaban J connectivity index is 2.30. The molecule has 0 aliphatic heterocycles. The van der Waals surface area contributed by atoms with Gasteiger partial charge in [0.05, 0.1) is 5.52 Å². The van der Waals surface area contributed by atoms with E-state index in [9.17, 15) is 4.79 Å². The average molecular weight is 259 g/mol. The summed E-state index contributed by atoms with van der Waals surface area (Å²) >= 11 is 0. The van der Waals surface area contributed by atoms with Gasteiger partial charge < -0.3 is 16.0 Å². The quantitative estimate of drug-likeness (QED) is 0.847. The number of nitrogens with zero attached hydrogens (tertiary/aromatic N) is 3. The number of nitrogen functional groups attached to an aromatic ring is 1. The molecule has 0 fully saturated rings. The van der Waals surface area contributed by atoms with Crippen LogP contribution in [0.5, 0.6) is 0 Å². The van der Waals surface area contributed by atoms with Gasteiger partial charge in [-0.05, 0) is 12.1 Å². The molecule has 0 bridgehead atoms. The van der Waals surface area contributed by atoms with Gasteiger partial charge in [-0.25, -0.2) is 4.98 Å². The van der Waals surface area contributed by atoms with Crippen molar-refractivity contribution < 1.29 is 4.79 Å². The zero-order valence-corrected chi connectivity index (χ0v) is 11.1. The number of benzene rings is 1. The molecule has 3 N–H and O–H groups in total. The van der Waals surface area contributed by atoms with Crippen molar-refractivity contribution >= 4 is 28.6 Å². The van der Waals surface area contributed by atoms with Crippen LogP contribution in [-0.4, -0.2) is 36.5 Å². The first-order chi connectivity index (χ1) is 9.11. The summed E-state index contributed by atoms with van der Waals surface area (Å²) < 4.78 is 0. The molecular weight excluding hydrogens is 242 g/mol. The first-order valence-electron chi connectivity index (χ1n) is 6.06. The lowest BCUT2D eigenvalue weighted by atomic mass is 10.2. The van der Waals surface area contributed by atoms with E-state index in [0.29, 0.717) is 13.0 Å². The van der Waals surface area contributed by atoms with Crippen LogP contribution >= 0.6 is 0 Å². The summed E-state index contributed by atoms with van der Waals surface area (Å²) in [6, 6.07) is 7.67. The van der Waals surface area contributed by atoms with Crippen LogP contribution in [0.1, 0.15) is 6.42 Å². The van der Waals surface area contributed by atoms with Gasteiger partial charge in [-0.15, -0.1) is 0 Å². The smallest absolute Gasteiger partial charge is 0.222 e. The molecule has 19 heavy (non-hydrogen) atoms. The third kappa shape index (κ3) is 2.90. The third-order valence-electron chi connectivity index (χ3n) is 2.92. The van der Waals surface area contributed by atoms with Gasteiger partial charge >= 0.3 is 0 Å². The van der Waals surface area contributed by atoms with Crippen LogP contribution in [0.15, 0.2) is 24.3 Å². The molecule has 0 unspecified atom stereocenters. The summed E-state index contributed by atoms with van der Waals surface area (Å²) in [4.78, 5) is 21.7. The summed E-state index contributed by atoms with van der Waals surface area (Å²) in [7, 11) is 3.51. The van der Waals surface area contributed by atoms with Crippen molar-refractivity contribution in [1.82, 2.24) is 15.3 Å². The van der Waals surface area contributed by atoms with Crippen molar-refractivity contribution in [2.45, 2.75) is 6.42 Å². The van der Waals surface area contributed by atoms with E-state index in [4.69, 9.17) is 5.73 Å². The van der Waals surface area contributed by atoms with Crippen LogP contribution in [0.4, 0.5) is 11.8 Å². The van der Waals surface area contributed by atoms with Crippen molar-refractivity contribution in [3.05, 3.63) is 24.3 Å². The largest absolute Gasteiger partial charge is 0.368 e. The minimum absolute atomic E-state index is 0.00168. The summed E-state index contributed by atoms with van der Waals surface area (Å²) in [5, 5.41) is 3.52. The topological polar surface area (TPSA) is 84.1 Å². The standard InChI is InChI=1S/C13H17N5O/c1-15-11(19)7-8-18(2)12-9-5-3-4-6-10(9)16-13(14)17-12/h3-6H,7-8H2,1-2H3,(H,15,19)(H2,14,16,17). The van der Waals surface area contributed by atoms with E-state index in [0.717, 1.165) is 16.7 Å². The third-order valence-corrected chi connectivity index (χ3v) is 2.92. The summed E-state index contributed by atoms with van der Waals surface area (Å²) in [6.07, 6.45) is 0.408. The van der Waals surface area contributed by atoms with Crippen LogP contribution in [0.2, 0.25) is 0 Å². The number of aromatic nitrogens is 2. The number of carbonyl (C=O) groups excluding carboxylic acids is 1. The molecule has 100 valence electrons. The maximum atomic E-state index is 11.3. The number of para-hydroxylation sites is 1. The lowest BCUT2D eigenvalue weighted by molar-refractivity contribution is -0.120. The van der Waals surface area contributed by atoms with E-state index >= 15 is 0 Å². The van der Waals surface area contributed by atoms with Gasteiger partial charge in [0.15, 0.2) is 0 Å². The normalized spacial score (nSPS) is 10.4. The zero-order valence-electron chi connectivity index (χ0n) is 11.1. The number of fused-ring (bicyclic) bond motifs is 1. The minimum Gasteiger partial charge on any atom is -0.368 e. The van der Waals surface area contributed by atoms with Crippen LogP contribution in [-0.2, 0) is 4.79 Å². The number of nitrogens with one attached hydrogen (secondary N) is 1. The van der Waals surface area contributed by atoms with Crippen LogP contribution in [0.3, 0.4) is 0 Å². The van der Waals surface area contributed by atoms with Gasteiger partial charge in [-0.2, -0.15) is 4.98 Å². The Kier molecular flexibility index (Phi) is 3.79. The minimum atomic E-state index is -0.00168. The van der Waals surface area contributed by atoms with E-state index in [2.05, 4.69) is 15.3 Å². The molecule has 2 aromatic rings. The van der Waals surface area contributed by atoms with Gasteiger partial charge in [0.1, 0.15) is 5.82 Å². The second kappa shape index (κ2) is 5.51. The van der Waals surface area contributed by atoms with Gasteiger partial charge in [0, 0.05) is 32.4 Å². The number of hydrogen-bond acceptors (Lipinski definition) is 5. The fourth-order valence-electron chi connectivity index (χ4n) is 1.87. The van der Waals surface area contributed by atoms with E-state index in [1.165, 1.54) is 0 Å². The first-order valence-corrected chi connectivity index (χ1v) is 6.06. The second-order valence-corrected chi connectivity index (χ2v) is 4.27. The van der Waals surface area contributed by atoms with Crippen molar-refractivity contribution in [3.63, 3.8) is 0 Å². The molecule has 6 heteroatoms. The summed E-state index contributed by atoms with van der Waals surface area (Å²) in [5.41, 5.74) is 6.52. The second-order valence-electron chi connectivity index (χ2n) is 4.27. The molecule has 1 amide bonds. The highest BCUT2D eigenvalue weighted by Crippen LogP contribution is 2.23. The molecule has 0 saturated carbocycles. The molecule has 0 radical (unpaired) electrons. The predicted molar refractivity (Wildman–Crippen MR) is 75.9 cm³/mol. The van der Waals surface area contributed by atoms with Gasteiger partial charge in [-0.1, -0.05) is 12.1 Å². The molecular formula is C13H17N5O. The Morgan fingerprint density at radius 3 is 2.84 bits per heavy atom. The zero-order chi connectivity index (χ0) is 13.8. The molecule has 6 nitrogen and oxygen atoms in total. The monoisotopic (exact) mass is 259 g/mol. The lowest BCUT2D eigenvalue weighted by Crippen LogP contribution is -2.27. The Morgan fingerprint density at radius 2 is 2.11 bits per heavy atom. The molecule has 1 aromatic carbocycles. The molecule has 0 aliphatic carbocycles. The highest BCUT2D eigenvalue weighted by Gasteiger charge is 2.11. The number of anilines is 2. The van der Waals surface area contributed by atoms with E-state index < -0.39 is 0 Å². The SMILES string of the molecule is CNC(=O)CCN(C)c1nc(N)nc2ccccc12. The molecule has 0 saturated heterocycles. The van der Waals surface area contributed by atoms with E-state index in [1.54, 1.807) is 7.05 Å². The van der Waals surface area contributed by atoms with Gasteiger partial charge in [0.2, 0.25) is 11.9 Å². The molecule has 0 spiro atoms. The Bertz CT molecular complexity index is 599. The lowest BCUT2D eigenvalue weighted by Gasteiger charge is -2.19. The number of hydrogen-bond donors (Lipinski definition) is 2. The number of rotatable bonds is 4. The highest BCUT2D eigenvalue weighted by molar-refractivity contribution is 5.90. The van der Waals surface area contributed by atoms with E-state index in [1.807, 2.05) is 36.2 Å². The van der Waals surface area contributed by atoms with Crippen molar-refractivity contribution in [3.8, 4) is 0 Å². The molecule has 0 aliphatic rings. The fraction of sp³-hybridized carbons (Fsp3) is 0.308. The first kappa shape index (κ1) is 13.1. The molecule has 2 rings (SSSR count). The Hall–Kier alpha value is -2.37. The highest BCUT2D eigenvalue weighted by atomic mass is 16.1. The Morgan fingerprint density at radius 1 is 1.37 bits per heavy atom. The average Bonchev–Trinajstić information content (AvgIpc) is 2.43. The van der Waals surface area contributed by atoms with Crippen LogP contribution in [0.25, 0.3) is 10.9 Å². The van der Waals surface area contributed by atoms with Crippen LogP contribution in [0, 0.1) is 0 Å². The molecule has 0 atom stereocenters.